The fourth-order valence-corrected chi connectivity index (χ4v) is 3.52. The van der Waals surface area contributed by atoms with E-state index >= 15 is 0 Å². The normalized spacial score (nSPS) is 15.7. The molecule has 1 aliphatic heterocycles. The lowest BCUT2D eigenvalue weighted by atomic mass is 10.1. The number of sulfonamides is 1. The Bertz CT molecular complexity index is 862. The van der Waals surface area contributed by atoms with Crippen LogP contribution in [-0.2, 0) is 21.2 Å². The molecule has 0 atom stereocenters. The quantitative estimate of drug-likeness (QED) is 0.502. The molecule has 4 N–H and O–H groups in total. The monoisotopic (exact) mass is 396 g/mol. The molecule has 9 nitrogen and oxygen atoms in total. The van der Waals surface area contributed by atoms with E-state index in [1.807, 2.05) is 38.4 Å². The van der Waals surface area contributed by atoms with Crippen LogP contribution in [-0.4, -0.2) is 64.0 Å². The Balaban J connectivity index is 1.80. The molecule has 0 bridgehead atoms. The van der Waals surface area contributed by atoms with Crippen molar-refractivity contribution >= 4 is 21.8 Å². The molecular formula is C17H24N4O5S. The number of aliphatic carboxylic acids is 1. The van der Waals surface area contributed by atoms with E-state index in [2.05, 4.69) is 14.6 Å². The lowest BCUT2D eigenvalue weighted by molar-refractivity contribution is -0.131. The zero-order valence-electron chi connectivity index (χ0n) is 15.3. The third kappa shape index (κ3) is 5.69. The van der Waals surface area contributed by atoms with E-state index in [1.165, 1.54) is 5.56 Å². The largest absolute Gasteiger partial charge is 0.494 e. The highest BCUT2D eigenvalue weighted by molar-refractivity contribution is 7.95. The number of likely N-dealkylation sites (N-methyl/N-ethyl adjacent to an activating group) is 1. The fraction of sp³-hybridized carbons (Fsp3) is 0.412. The van der Waals surface area contributed by atoms with Gasteiger partial charge in [0.1, 0.15) is 11.4 Å². The summed E-state index contributed by atoms with van der Waals surface area (Å²) in [7, 11) is -0.196. The first-order valence-corrected chi connectivity index (χ1v) is 9.83. The van der Waals surface area contributed by atoms with Crippen molar-refractivity contribution in [2.45, 2.75) is 12.8 Å². The standard InChI is InChI=1S/C17H24N4O5S/c1-21(2)9-7-12-5-3-6-13(11-12)26-10-4-8-19-16-14(18)15(17(22)23)27(24,25)20-16/h3,5-6,11H,4,7-10,18H2,1-2H3,(H,19,20)(H,22,23). The van der Waals surface area contributed by atoms with Gasteiger partial charge in [0, 0.05) is 13.1 Å². The molecule has 1 aliphatic rings. The van der Waals surface area contributed by atoms with E-state index in [0.717, 1.165) is 18.7 Å². The van der Waals surface area contributed by atoms with Crippen molar-refractivity contribution in [3.05, 3.63) is 40.4 Å². The SMILES string of the molecule is CN(C)CCc1cccc(OCCCNC2=NS(=O)(=O)C(C(=O)O)=C2N)c1. The second-order valence-electron chi connectivity index (χ2n) is 6.29. The van der Waals surface area contributed by atoms with E-state index < -0.39 is 20.9 Å². The molecule has 0 aliphatic carbocycles. The Labute approximate surface area is 158 Å². The molecule has 0 unspecified atom stereocenters. The molecule has 1 aromatic carbocycles. The van der Waals surface area contributed by atoms with E-state index in [9.17, 15) is 13.2 Å². The van der Waals surface area contributed by atoms with Crippen LogP contribution in [0.3, 0.4) is 0 Å². The topological polar surface area (TPSA) is 134 Å². The van der Waals surface area contributed by atoms with Gasteiger partial charge in [0.15, 0.2) is 5.84 Å². The third-order valence-electron chi connectivity index (χ3n) is 3.79. The molecule has 10 heteroatoms. The molecule has 0 amide bonds. The minimum Gasteiger partial charge on any atom is -0.494 e. The maximum atomic E-state index is 11.7. The van der Waals surface area contributed by atoms with Gasteiger partial charge in [-0.2, -0.15) is 8.42 Å². The summed E-state index contributed by atoms with van der Waals surface area (Å²) < 4.78 is 32.4. The minimum atomic E-state index is -4.24. The van der Waals surface area contributed by atoms with Gasteiger partial charge in [0.25, 0.3) is 10.0 Å². The predicted octanol–water partition coefficient (Wildman–Crippen LogP) is 0.146. The molecule has 0 saturated heterocycles. The van der Waals surface area contributed by atoms with Crippen molar-refractivity contribution in [2.24, 2.45) is 10.1 Å². The predicted molar refractivity (Wildman–Crippen MR) is 102 cm³/mol. The minimum absolute atomic E-state index is 0.141. The summed E-state index contributed by atoms with van der Waals surface area (Å²) >= 11 is 0. The fourth-order valence-electron chi connectivity index (χ4n) is 2.43. The van der Waals surface area contributed by atoms with Gasteiger partial charge >= 0.3 is 5.97 Å². The number of nitrogens with two attached hydrogens (primary N) is 1. The molecule has 27 heavy (non-hydrogen) atoms. The molecule has 0 fully saturated rings. The number of nitrogens with zero attached hydrogens (tertiary/aromatic N) is 2. The highest BCUT2D eigenvalue weighted by Crippen LogP contribution is 2.20. The van der Waals surface area contributed by atoms with Gasteiger partial charge < -0.3 is 25.8 Å². The third-order valence-corrected chi connectivity index (χ3v) is 5.13. The van der Waals surface area contributed by atoms with Crippen LogP contribution >= 0.6 is 0 Å². The maximum Gasteiger partial charge on any atom is 0.351 e. The van der Waals surface area contributed by atoms with Crippen molar-refractivity contribution in [3.63, 3.8) is 0 Å². The number of carboxylic acid groups (broad SMARTS) is 1. The van der Waals surface area contributed by atoms with E-state index in [1.54, 1.807) is 0 Å². The number of rotatable bonds is 9. The molecule has 0 radical (unpaired) electrons. The summed E-state index contributed by atoms with van der Waals surface area (Å²) in [5.74, 6) is -0.997. The highest BCUT2D eigenvalue weighted by Gasteiger charge is 2.35. The Morgan fingerprint density at radius 1 is 1.37 bits per heavy atom. The number of ether oxygens (including phenoxy) is 1. The van der Waals surface area contributed by atoms with Gasteiger partial charge in [-0.15, -0.1) is 4.40 Å². The number of benzene rings is 1. The van der Waals surface area contributed by atoms with Gasteiger partial charge in [-0.1, -0.05) is 12.1 Å². The molecule has 0 saturated carbocycles. The first kappa shape index (κ1) is 20.7. The van der Waals surface area contributed by atoms with Crippen molar-refractivity contribution < 1.29 is 23.1 Å². The van der Waals surface area contributed by atoms with Crippen molar-refractivity contribution in [3.8, 4) is 5.75 Å². The summed E-state index contributed by atoms with van der Waals surface area (Å²) in [5, 5.41) is 11.7. The van der Waals surface area contributed by atoms with Gasteiger partial charge in [-0.3, -0.25) is 0 Å². The summed E-state index contributed by atoms with van der Waals surface area (Å²) in [4.78, 5) is 12.2. The molecule has 148 valence electrons. The van der Waals surface area contributed by atoms with Gasteiger partial charge in [0.2, 0.25) is 4.91 Å². The molecule has 2 rings (SSSR count). The van der Waals surface area contributed by atoms with Crippen molar-refractivity contribution in [1.82, 2.24) is 10.2 Å². The number of nitrogens with one attached hydrogen (secondary N) is 1. The number of amidine groups is 1. The second-order valence-corrected chi connectivity index (χ2v) is 7.83. The van der Waals surface area contributed by atoms with Crippen LogP contribution in [0.4, 0.5) is 0 Å². The number of carboxylic acids is 1. The zero-order chi connectivity index (χ0) is 20.0. The van der Waals surface area contributed by atoms with Crippen molar-refractivity contribution in [2.75, 3.05) is 33.8 Å². The Hall–Kier alpha value is -2.59. The average molecular weight is 396 g/mol. The Morgan fingerprint density at radius 3 is 2.74 bits per heavy atom. The second kappa shape index (κ2) is 8.87. The van der Waals surface area contributed by atoms with Crippen LogP contribution in [0.15, 0.2) is 39.3 Å². The first-order valence-electron chi connectivity index (χ1n) is 8.39. The zero-order valence-corrected chi connectivity index (χ0v) is 16.1. The molecule has 1 aromatic rings. The van der Waals surface area contributed by atoms with Crippen LogP contribution in [0.1, 0.15) is 12.0 Å². The average Bonchev–Trinajstić information content (AvgIpc) is 2.81. The summed E-state index contributed by atoms with van der Waals surface area (Å²) in [6, 6.07) is 7.85. The van der Waals surface area contributed by atoms with Crippen molar-refractivity contribution in [1.29, 1.82) is 0 Å². The smallest absolute Gasteiger partial charge is 0.351 e. The molecule has 0 aromatic heterocycles. The van der Waals surface area contributed by atoms with E-state index in [0.29, 0.717) is 19.6 Å². The Morgan fingerprint density at radius 2 is 2.11 bits per heavy atom. The molecular weight excluding hydrogens is 372 g/mol. The molecule has 0 spiro atoms. The van der Waals surface area contributed by atoms with Gasteiger partial charge in [0.05, 0.1) is 6.61 Å². The highest BCUT2D eigenvalue weighted by atomic mass is 32.2. The number of hydrogen-bond acceptors (Lipinski definition) is 7. The van der Waals surface area contributed by atoms with Crippen LogP contribution in [0.5, 0.6) is 5.75 Å². The maximum absolute atomic E-state index is 11.7. The molecule has 1 heterocycles. The number of carbonyl (C=O) groups is 1. The lowest BCUT2D eigenvalue weighted by Gasteiger charge is -2.11. The van der Waals surface area contributed by atoms with E-state index in [4.69, 9.17) is 15.6 Å². The first-order chi connectivity index (χ1) is 12.7. The van der Waals surface area contributed by atoms with Crippen LogP contribution in [0.25, 0.3) is 0 Å². The number of hydrogen-bond donors (Lipinski definition) is 3. The Kier molecular flexibility index (Phi) is 6.81. The summed E-state index contributed by atoms with van der Waals surface area (Å²) in [6.45, 7) is 1.69. The van der Waals surface area contributed by atoms with Crippen LogP contribution in [0, 0.1) is 0 Å². The van der Waals surface area contributed by atoms with Gasteiger partial charge in [-0.05, 0) is 44.6 Å². The van der Waals surface area contributed by atoms with Crippen LogP contribution in [0.2, 0.25) is 0 Å². The lowest BCUT2D eigenvalue weighted by Crippen LogP contribution is -2.29. The van der Waals surface area contributed by atoms with Crippen LogP contribution < -0.4 is 15.8 Å². The summed E-state index contributed by atoms with van der Waals surface area (Å²) in [6.07, 6.45) is 1.48. The van der Waals surface area contributed by atoms with E-state index in [-0.39, 0.29) is 11.5 Å². The summed E-state index contributed by atoms with van der Waals surface area (Å²) in [5.41, 5.74) is 6.37. The van der Waals surface area contributed by atoms with Gasteiger partial charge in [-0.25, -0.2) is 4.79 Å².